The molecule has 5 heteroatoms. The summed E-state index contributed by atoms with van der Waals surface area (Å²) in [7, 11) is 0. The van der Waals surface area contributed by atoms with E-state index >= 15 is 0 Å². The molecule has 2 aliphatic carbocycles. The average molecular weight is 410 g/mol. The third-order valence-corrected chi connectivity index (χ3v) is 7.63. The molecular formula is C16H24Cl2O2Zr. The number of hydrogen-bond donors (Lipinski definition) is 2. The van der Waals surface area contributed by atoms with E-state index in [0.717, 1.165) is 38.5 Å². The fourth-order valence-corrected chi connectivity index (χ4v) is 6.34. The fourth-order valence-electron chi connectivity index (χ4n) is 2.55. The molecule has 0 atom stereocenters. The molecule has 0 fully saturated rings. The third-order valence-electron chi connectivity index (χ3n) is 3.57. The summed E-state index contributed by atoms with van der Waals surface area (Å²) in [6.45, 7) is 0.587. The summed E-state index contributed by atoms with van der Waals surface area (Å²) < 4.78 is 3.38. The van der Waals surface area contributed by atoms with E-state index in [1.165, 1.54) is 11.1 Å². The molecule has 21 heavy (non-hydrogen) atoms. The van der Waals surface area contributed by atoms with Crippen LogP contribution in [0.4, 0.5) is 0 Å². The predicted molar refractivity (Wildman–Crippen MR) is 88.7 cm³/mol. The van der Waals surface area contributed by atoms with Crippen molar-refractivity contribution in [2.75, 3.05) is 13.2 Å². The Kier molecular flexibility index (Phi) is 12.0. The number of rotatable bonds is 8. The summed E-state index contributed by atoms with van der Waals surface area (Å²) >= 11 is -0.626. The summed E-state index contributed by atoms with van der Waals surface area (Å²) in [5, 5.41) is 17.9. The molecule has 0 aromatic carbocycles. The normalized spacial score (nSPS) is 16.3. The average Bonchev–Trinajstić information content (AvgIpc) is 3.04. The molecule has 0 spiro atoms. The minimum atomic E-state index is -0.626. The Bertz CT molecular complexity index is 400. The van der Waals surface area contributed by atoms with Crippen molar-refractivity contribution in [3.05, 3.63) is 42.0 Å². The van der Waals surface area contributed by atoms with Crippen LogP contribution in [0.3, 0.4) is 0 Å². The van der Waals surface area contributed by atoms with Gasteiger partial charge < -0.3 is 0 Å². The Morgan fingerprint density at radius 3 is 1.62 bits per heavy atom. The van der Waals surface area contributed by atoms with Gasteiger partial charge in [0.2, 0.25) is 0 Å². The molecular weight excluding hydrogens is 386 g/mol. The van der Waals surface area contributed by atoms with E-state index in [0.29, 0.717) is 13.2 Å². The molecule has 118 valence electrons. The second-order valence-electron chi connectivity index (χ2n) is 5.00. The van der Waals surface area contributed by atoms with Gasteiger partial charge in [0.1, 0.15) is 0 Å². The van der Waals surface area contributed by atoms with Crippen LogP contribution in [0.1, 0.15) is 38.5 Å². The van der Waals surface area contributed by atoms with Crippen LogP contribution in [0.5, 0.6) is 0 Å². The molecule has 0 aromatic rings. The van der Waals surface area contributed by atoms with Gasteiger partial charge in [-0.05, 0) is 0 Å². The summed E-state index contributed by atoms with van der Waals surface area (Å²) in [5.41, 5.74) is 3.00. The maximum absolute atomic E-state index is 8.96. The first kappa shape index (κ1) is 21.3. The molecule has 0 radical (unpaired) electrons. The van der Waals surface area contributed by atoms with E-state index < -0.39 is 23.2 Å². The standard InChI is InChI=1S/2C8H11O.2ClH.Zr/c2*9-7-3-6-8-4-1-2-5-8;;;/h2*1,4,9H,2-3,6-7H2;2*1H;. The number of hydrogen-bond acceptors (Lipinski definition) is 2. The first-order valence-corrected chi connectivity index (χ1v) is 9.57. The molecule has 0 unspecified atom stereocenters. The van der Waals surface area contributed by atoms with Gasteiger partial charge in [-0.3, -0.25) is 0 Å². The van der Waals surface area contributed by atoms with Gasteiger partial charge in [0.05, 0.1) is 0 Å². The quantitative estimate of drug-likeness (QED) is 0.638. The van der Waals surface area contributed by atoms with Crippen molar-refractivity contribution in [3.63, 3.8) is 0 Å². The number of aliphatic hydroxyl groups excluding tert-OH is 2. The number of allylic oxidation sites excluding steroid dienone is 8. The Labute approximate surface area is 151 Å². The van der Waals surface area contributed by atoms with E-state index in [1.54, 1.807) is 6.56 Å². The topological polar surface area (TPSA) is 40.5 Å². The van der Waals surface area contributed by atoms with Crippen molar-refractivity contribution >= 4 is 24.8 Å². The van der Waals surface area contributed by atoms with Crippen LogP contribution in [0.15, 0.2) is 42.0 Å². The van der Waals surface area contributed by atoms with Gasteiger partial charge in [0, 0.05) is 0 Å². The molecule has 0 heterocycles. The van der Waals surface area contributed by atoms with Crippen molar-refractivity contribution < 1.29 is 33.4 Å². The summed E-state index contributed by atoms with van der Waals surface area (Å²) in [6, 6.07) is 0. The van der Waals surface area contributed by atoms with Gasteiger partial charge in [-0.2, -0.15) is 0 Å². The summed E-state index contributed by atoms with van der Waals surface area (Å²) in [6.07, 6.45) is 15.2. The fraction of sp³-hybridized carbons (Fsp3) is 0.500. The van der Waals surface area contributed by atoms with E-state index in [1.807, 2.05) is 0 Å². The van der Waals surface area contributed by atoms with Gasteiger partial charge >= 0.3 is 127 Å². The number of halogens is 2. The Morgan fingerprint density at radius 2 is 1.24 bits per heavy atom. The molecule has 0 saturated heterocycles. The summed E-state index contributed by atoms with van der Waals surface area (Å²) in [4.78, 5) is 0. The van der Waals surface area contributed by atoms with Crippen molar-refractivity contribution in [1.82, 2.24) is 0 Å². The van der Waals surface area contributed by atoms with Crippen LogP contribution in [-0.4, -0.2) is 23.4 Å². The Hall–Kier alpha value is 0.343. The molecule has 0 bridgehead atoms. The van der Waals surface area contributed by atoms with Gasteiger partial charge in [0.15, 0.2) is 0 Å². The monoisotopic (exact) mass is 408 g/mol. The van der Waals surface area contributed by atoms with Crippen molar-refractivity contribution in [1.29, 1.82) is 0 Å². The maximum atomic E-state index is 8.96. The van der Waals surface area contributed by atoms with Gasteiger partial charge in [-0.15, -0.1) is 24.8 Å². The molecule has 2 nitrogen and oxygen atoms in total. The third kappa shape index (κ3) is 6.54. The van der Waals surface area contributed by atoms with Crippen LogP contribution in [-0.2, 0) is 23.2 Å². The first-order valence-electron chi connectivity index (χ1n) is 7.11. The van der Waals surface area contributed by atoms with Crippen molar-refractivity contribution in [3.8, 4) is 0 Å². The van der Waals surface area contributed by atoms with E-state index in [9.17, 15) is 0 Å². The van der Waals surface area contributed by atoms with Crippen molar-refractivity contribution in [2.45, 2.75) is 38.5 Å². The Balaban J connectivity index is 0.00000200. The zero-order valence-corrected chi connectivity index (χ0v) is 16.3. The molecule has 2 N–H and O–H groups in total. The Morgan fingerprint density at radius 1 is 0.810 bits per heavy atom. The van der Waals surface area contributed by atoms with Crippen LogP contribution < -0.4 is 0 Å². The van der Waals surface area contributed by atoms with E-state index in [2.05, 4.69) is 24.3 Å². The molecule has 0 aromatic heterocycles. The van der Waals surface area contributed by atoms with Gasteiger partial charge in [-0.1, -0.05) is 0 Å². The number of aliphatic hydroxyl groups is 2. The van der Waals surface area contributed by atoms with Crippen LogP contribution >= 0.6 is 24.8 Å². The first-order chi connectivity index (χ1) is 9.35. The van der Waals surface area contributed by atoms with E-state index in [-0.39, 0.29) is 24.8 Å². The van der Waals surface area contributed by atoms with Gasteiger partial charge in [-0.25, -0.2) is 0 Å². The van der Waals surface area contributed by atoms with Crippen molar-refractivity contribution in [2.24, 2.45) is 0 Å². The minimum absolute atomic E-state index is 0. The zero-order valence-electron chi connectivity index (χ0n) is 12.2. The van der Waals surface area contributed by atoms with Crippen LogP contribution in [0.2, 0.25) is 0 Å². The second kappa shape index (κ2) is 11.9. The molecule has 0 amide bonds. The predicted octanol–water partition coefficient (Wildman–Crippen LogP) is 3.89. The molecule has 0 aliphatic heterocycles. The second-order valence-corrected chi connectivity index (χ2v) is 8.58. The van der Waals surface area contributed by atoms with Crippen LogP contribution in [0, 0.1) is 0 Å². The zero-order chi connectivity index (χ0) is 13.5. The molecule has 2 rings (SSSR count). The van der Waals surface area contributed by atoms with E-state index in [4.69, 9.17) is 10.2 Å². The SMILES string of the molecule is Cl.Cl.OCCCC1=[C]([Zr][C]2=C(CCCO)C=CC2)CC=C1. The summed E-state index contributed by atoms with van der Waals surface area (Å²) in [5.74, 6) is 0. The molecule has 0 saturated carbocycles. The van der Waals surface area contributed by atoms with Crippen LogP contribution in [0.25, 0.3) is 0 Å². The molecule has 2 aliphatic rings. The van der Waals surface area contributed by atoms with Gasteiger partial charge in [0.25, 0.3) is 0 Å².